The molecule has 0 radical (unpaired) electrons. The zero-order valence-electron chi connectivity index (χ0n) is 18.7. The van der Waals surface area contributed by atoms with Crippen LogP contribution in [0, 0.1) is 0 Å². The van der Waals surface area contributed by atoms with Crippen LogP contribution in [-0.2, 0) is 11.3 Å². The largest absolute Gasteiger partial charge is 0.383 e. The number of ether oxygens (including phenoxy) is 1. The van der Waals surface area contributed by atoms with Crippen molar-refractivity contribution in [3.8, 4) is 0 Å². The van der Waals surface area contributed by atoms with Crippen LogP contribution < -0.4 is 21.9 Å². The van der Waals surface area contributed by atoms with Gasteiger partial charge in [-0.3, -0.25) is 14.3 Å². The zero-order valence-corrected chi connectivity index (χ0v) is 18.7. The summed E-state index contributed by atoms with van der Waals surface area (Å²) in [6, 6.07) is 9.67. The third-order valence-corrected chi connectivity index (χ3v) is 6.50. The average molecular weight is 439 g/mol. The second-order valence-electron chi connectivity index (χ2n) is 8.86. The smallest absolute Gasteiger partial charge is 0.330 e. The standard InChI is InChI=1S/C25H34N4O3/c26-23-22(24(30)27-25(31)29(23)17-20-11-5-2-6-12-20)28(18-21-13-7-8-16-32-21)15-14-19-9-3-1-4-10-19/h2,5-6,9,11-12,21H,1,3-4,7-8,10,13-18,26H2,(H,27,30,31). The van der Waals surface area contributed by atoms with Gasteiger partial charge in [0.15, 0.2) is 0 Å². The normalized spacial score (nSPS) is 18.9. The Labute approximate surface area is 188 Å². The van der Waals surface area contributed by atoms with E-state index in [1.54, 1.807) is 0 Å². The number of allylic oxidation sites excluding steroid dienone is 1. The van der Waals surface area contributed by atoms with Crippen molar-refractivity contribution in [2.75, 3.05) is 30.3 Å². The Bertz CT molecular complexity index is 1040. The summed E-state index contributed by atoms with van der Waals surface area (Å²) in [4.78, 5) is 30.1. The van der Waals surface area contributed by atoms with Crippen LogP contribution in [0.1, 0.15) is 56.9 Å². The first-order valence-corrected chi connectivity index (χ1v) is 11.8. The first-order chi connectivity index (χ1) is 15.6. The Morgan fingerprint density at radius 2 is 1.97 bits per heavy atom. The molecule has 32 heavy (non-hydrogen) atoms. The van der Waals surface area contributed by atoms with Crippen LogP contribution in [0.4, 0.5) is 11.5 Å². The van der Waals surface area contributed by atoms with E-state index in [1.165, 1.54) is 23.0 Å². The molecule has 1 fully saturated rings. The van der Waals surface area contributed by atoms with Gasteiger partial charge < -0.3 is 15.4 Å². The highest BCUT2D eigenvalue weighted by atomic mass is 16.5. The lowest BCUT2D eigenvalue weighted by Gasteiger charge is -2.32. The van der Waals surface area contributed by atoms with Gasteiger partial charge in [-0.25, -0.2) is 4.79 Å². The predicted molar refractivity (Wildman–Crippen MR) is 128 cm³/mol. The second-order valence-corrected chi connectivity index (χ2v) is 8.86. The number of nitrogen functional groups attached to an aromatic ring is 1. The van der Waals surface area contributed by atoms with Gasteiger partial charge in [-0.05, 0) is 56.9 Å². The van der Waals surface area contributed by atoms with Gasteiger partial charge in [-0.15, -0.1) is 0 Å². The molecule has 7 nitrogen and oxygen atoms in total. The van der Waals surface area contributed by atoms with Gasteiger partial charge in [0.25, 0.3) is 5.56 Å². The lowest BCUT2D eigenvalue weighted by molar-refractivity contribution is 0.0210. The van der Waals surface area contributed by atoms with Gasteiger partial charge in [-0.2, -0.15) is 0 Å². The summed E-state index contributed by atoms with van der Waals surface area (Å²) >= 11 is 0. The molecular weight excluding hydrogens is 404 g/mol. The van der Waals surface area contributed by atoms with Crippen LogP contribution in [0.3, 0.4) is 0 Å². The minimum atomic E-state index is -0.482. The number of nitrogens with one attached hydrogen (secondary N) is 1. The van der Waals surface area contributed by atoms with E-state index in [2.05, 4.69) is 11.1 Å². The molecule has 2 heterocycles. The SMILES string of the molecule is Nc1c(N(CCC2=CCCCC2)CC2CCCCO2)c(=O)[nH]c(=O)n1Cc1ccccc1. The Balaban J connectivity index is 1.64. The van der Waals surface area contributed by atoms with Crippen LogP contribution in [0.2, 0.25) is 0 Å². The van der Waals surface area contributed by atoms with Gasteiger partial charge in [0.1, 0.15) is 11.5 Å². The van der Waals surface area contributed by atoms with E-state index < -0.39 is 11.2 Å². The van der Waals surface area contributed by atoms with Gasteiger partial charge in [0.2, 0.25) is 0 Å². The van der Waals surface area contributed by atoms with Gasteiger partial charge >= 0.3 is 5.69 Å². The van der Waals surface area contributed by atoms with Crippen molar-refractivity contribution in [2.45, 2.75) is 64.0 Å². The number of aromatic nitrogens is 2. The number of hydrogen-bond donors (Lipinski definition) is 2. The van der Waals surface area contributed by atoms with Crippen molar-refractivity contribution in [3.05, 3.63) is 68.4 Å². The lowest BCUT2D eigenvalue weighted by atomic mass is 9.97. The molecule has 1 unspecified atom stereocenters. The van der Waals surface area contributed by atoms with Crippen LogP contribution >= 0.6 is 0 Å². The molecule has 1 saturated heterocycles. The second kappa shape index (κ2) is 10.7. The van der Waals surface area contributed by atoms with E-state index in [-0.39, 0.29) is 11.9 Å². The maximum absolute atomic E-state index is 13.0. The molecule has 1 aliphatic heterocycles. The average Bonchev–Trinajstić information content (AvgIpc) is 2.82. The molecule has 0 saturated carbocycles. The van der Waals surface area contributed by atoms with Gasteiger partial charge in [0, 0.05) is 19.7 Å². The highest BCUT2D eigenvalue weighted by Crippen LogP contribution is 2.25. The maximum atomic E-state index is 13.0. The first-order valence-electron chi connectivity index (χ1n) is 11.8. The summed E-state index contributed by atoms with van der Waals surface area (Å²) in [6.45, 7) is 2.35. The first kappa shape index (κ1) is 22.4. The van der Waals surface area contributed by atoms with E-state index in [1.807, 2.05) is 35.2 Å². The minimum Gasteiger partial charge on any atom is -0.383 e. The number of aromatic amines is 1. The van der Waals surface area contributed by atoms with Gasteiger partial charge in [-0.1, -0.05) is 42.0 Å². The van der Waals surface area contributed by atoms with Crippen LogP contribution in [0.15, 0.2) is 51.6 Å². The van der Waals surface area contributed by atoms with Crippen molar-refractivity contribution in [1.82, 2.24) is 9.55 Å². The molecule has 1 aromatic heterocycles. The molecule has 1 aliphatic carbocycles. The minimum absolute atomic E-state index is 0.0670. The molecule has 2 aliphatic rings. The molecular formula is C25H34N4O3. The molecule has 172 valence electrons. The highest BCUT2D eigenvalue weighted by Gasteiger charge is 2.24. The number of benzene rings is 1. The number of H-pyrrole nitrogens is 1. The Morgan fingerprint density at radius 3 is 2.69 bits per heavy atom. The number of rotatable bonds is 8. The summed E-state index contributed by atoms with van der Waals surface area (Å²) in [7, 11) is 0. The lowest BCUT2D eigenvalue weighted by Crippen LogP contribution is -2.43. The fourth-order valence-electron chi connectivity index (χ4n) is 4.71. The fourth-order valence-corrected chi connectivity index (χ4v) is 4.71. The maximum Gasteiger partial charge on any atom is 0.330 e. The summed E-state index contributed by atoms with van der Waals surface area (Å²) in [5.41, 5.74) is 8.36. The molecule has 3 N–H and O–H groups in total. The molecule has 0 amide bonds. The molecule has 4 rings (SSSR count). The summed E-state index contributed by atoms with van der Waals surface area (Å²) < 4.78 is 7.43. The summed E-state index contributed by atoms with van der Waals surface area (Å²) in [5.74, 6) is 0.219. The summed E-state index contributed by atoms with van der Waals surface area (Å²) in [6.07, 6.45) is 11.2. The third-order valence-electron chi connectivity index (χ3n) is 6.50. The van der Waals surface area contributed by atoms with Crippen molar-refractivity contribution in [3.63, 3.8) is 0 Å². The van der Waals surface area contributed by atoms with Crippen molar-refractivity contribution in [2.24, 2.45) is 0 Å². The molecule has 2 aromatic rings. The Kier molecular flexibility index (Phi) is 7.47. The molecule has 0 spiro atoms. The number of nitrogens with zero attached hydrogens (tertiary/aromatic N) is 2. The monoisotopic (exact) mass is 438 g/mol. The topological polar surface area (TPSA) is 93.3 Å². The van der Waals surface area contributed by atoms with E-state index in [4.69, 9.17) is 10.5 Å². The Hall–Kier alpha value is -2.80. The number of nitrogens with two attached hydrogens (primary N) is 1. The van der Waals surface area contributed by atoms with E-state index in [0.29, 0.717) is 25.3 Å². The summed E-state index contributed by atoms with van der Waals surface area (Å²) in [5, 5.41) is 0. The van der Waals surface area contributed by atoms with E-state index in [0.717, 1.165) is 50.7 Å². The quantitative estimate of drug-likeness (QED) is 0.616. The van der Waals surface area contributed by atoms with Crippen LogP contribution in [-0.4, -0.2) is 35.4 Å². The Morgan fingerprint density at radius 1 is 1.12 bits per heavy atom. The highest BCUT2D eigenvalue weighted by molar-refractivity contribution is 5.62. The molecule has 1 atom stereocenters. The number of hydrogen-bond acceptors (Lipinski definition) is 5. The molecule has 1 aromatic carbocycles. The van der Waals surface area contributed by atoms with E-state index in [9.17, 15) is 9.59 Å². The third kappa shape index (κ3) is 5.51. The zero-order chi connectivity index (χ0) is 22.3. The van der Waals surface area contributed by atoms with Gasteiger partial charge in [0.05, 0.1) is 12.6 Å². The van der Waals surface area contributed by atoms with Crippen LogP contribution in [0.5, 0.6) is 0 Å². The van der Waals surface area contributed by atoms with Crippen LogP contribution in [0.25, 0.3) is 0 Å². The predicted octanol–water partition coefficient (Wildman–Crippen LogP) is 3.43. The number of anilines is 2. The molecule has 0 bridgehead atoms. The van der Waals surface area contributed by atoms with Crippen molar-refractivity contribution in [1.29, 1.82) is 0 Å². The van der Waals surface area contributed by atoms with Crippen molar-refractivity contribution < 1.29 is 4.74 Å². The van der Waals surface area contributed by atoms with Crippen molar-refractivity contribution >= 4 is 11.5 Å². The fraction of sp³-hybridized carbons (Fsp3) is 0.520. The molecule has 7 heteroatoms. The van der Waals surface area contributed by atoms with E-state index >= 15 is 0 Å².